The second kappa shape index (κ2) is 8.01. The van der Waals surface area contributed by atoms with E-state index in [4.69, 9.17) is 4.74 Å². The minimum Gasteiger partial charge on any atom is -0.495 e. The molecule has 1 N–H and O–H groups in total. The number of benzene rings is 2. The highest BCUT2D eigenvalue weighted by Gasteiger charge is 2.20. The lowest BCUT2D eigenvalue weighted by Gasteiger charge is -2.14. The van der Waals surface area contributed by atoms with Crippen LogP contribution in [0.5, 0.6) is 5.75 Å². The van der Waals surface area contributed by atoms with Gasteiger partial charge >= 0.3 is 0 Å². The van der Waals surface area contributed by atoms with Crippen LogP contribution in [-0.4, -0.2) is 33.0 Å². The fraction of sp³-hybridized carbons (Fsp3) is 0.167. The molecule has 1 aromatic heterocycles. The quantitative estimate of drug-likeness (QED) is 0.671. The van der Waals surface area contributed by atoms with E-state index < -0.39 is 11.1 Å². The van der Waals surface area contributed by atoms with E-state index in [2.05, 4.69) is 15.5 Å². The van der Waals surface area contributed by atoms with Crippen LogP contribution < -0.4 is 10.1 Å². The fourth-order valence-corrected chi connectivity index (χ4v) is 3.14. The lowest BCUT2D eigenvalue weighted by Crippen LogP contribution is -2.23. The summed E-state index contributed by atoms with van der Waals surface area (Å²) < 4.78 is 20.8. The molecule has 134 valence electrons. The Kier molecular flexibility index (Phi) is 5.52. The molecule has 1 atom stereocenters. The molecule has 26 heavy (non-hydrogen) atoms. The first-order valence-electron chi connectivity index (χ1n) is 7.85. The Hall–Kier alpha value is -2.87. The van der Waals surface area contributed by atoms with Gasteiger partial charge in [0.2, 0.25) is 5.91 Å². The molecule has 0 fully saturated rings. The topological polar surface area (TPSA) is 69.0 Å². The zero-order chi connectivity index (χ0) is 18.5. The SMILES string of the molecule is COc1ccccc1-n1cnnc1SC(C)C(=O)Nc1ccccc1F. The van der Waals surface area contributed by atoms with Crippen molar-refractivity contribution in [2.45, 2.75) is 17.3 Å². The number of nitrogens with zero attached hydrogens (tertiary/aromatic N) is 3. The summed E-state index contributed by atoms with van der Waals surface area (Å²) in [6, 6.07) is 13.5. The van der Waals surface area contributed by atoms with Crippen LogP contribution in [0.4, 0.5) is 10.1 Å². The zero-order valence-electron chi connectivity index (χ0n) is 14.2. The fourth-order valence-electron chi connectivity index (χ4n) is 2.31. The van der Waals surface area contributed by atoms with E-state index in [0.717, 1.165) is 5.69 Å². The monoisotopic (exact) mass is 372 g/mol. The van der Waals surface area contributed by atoms with Gasteiger partial charge in [0.1, 0.15) is 17.9 Å². The second-order valence-corrected chi connectivity index (χ2v) is 6.69. The summed E-state index contributed by atoms with van der Waals surface area (Å²) >= 11 is 1.22. The highest BCUT2D eigenvalue weighted by Crippen LogP contribution is 2.29. The van der Waals surface area contributed by atoms with Crippen molar-refractivity contribution in [3.63, 3.8) is 0 Å². The number of halogens is 1. The molecule has 1 amide bonds. The molecule has 0 spiro atoms. The lowest BCUT2D eigenvalue weighted by atomic mass is 10.3. The number of carbonyl (C=O) groups is 1. The predicted octanol–water partition coefficient (Wildman–Crippen LogP) is 3.53. The Bertz CT molecular complexity index is 915. The molecule has 0 radical (unpaired) electrons. The Morgan fingerprint density at radius 3 is 2.73 bits per heavy atom. The summed E-state index contributed by atoms with van der Waals surface area (Å²) in [4.78, 5) is 12.4. The van der Waals surface area contributed by atoms with Gasteiger partial charge in [0.25, 0.3) is 0 Å². The molecular weight excluding hydrogens is 355 g/mol. The van der Waals surface area contributed by atoms with Crippen LogP contribution in [0.1, 0.15) is 6.92 Å². The molecule has 1 heterocycles. The smallest absolute Gasteiger partial charge is 0.237 e. The van der Waals surface area contributed by atoms with Gasteiger partial charge in [-0.3, -0.25) is 9.36 Å². The van der Waals surface area contributed by atoms with E-state index in [1.54, 1.807) is 37.1 Å². The third kappa shape index (κ3) is 3.85. The molecule has 0 aliphatic rings. The summed E-state index contributed by atoms with van der Waals surface area (Å²) in [7, 11) is 1.58. The third-order valence-corrected chi connectivity index (χ3v) is 4.70. The van der Waals surface area contributed by atoms with Gasteiger partial charge in [0.15, 0.2) is 5.16 Å². The summed E-state index contributed by atoms with van der Waals surface area (Å²) in [6.45, 7) is 1.72. The maximum atomic E-state index is 13.7. The van der Waals surface area contributed by atoms with Crippen molar-refractivity contribution in [2.75, 3.05) is 12.4 Å². The molecule has 2 aromatic carbocycles. The summed E-state index contributed by atoms with van der Waals surface area (Å²) in [6.07, 6.45) is 1.56. The maximum Gasteiger partial charge on any atom is 0.237 e. The number of hydrogen-bond acceptors (Lipinski definition) is 5. The van der Waals surface area contributed by atoms with Crippen LogP contribution in [0.2, 0.25) is 0 Å². The molecule has 0 aliphatic heterocycles. The molecular formula is C18H17FN4O2S. The molecule has 8 heteroatoms. The van der Waals surface area contributed by atoms with Crippen molar-refractivity contribution >= 4 is 23.4 Å². The second-order valence-electron chi connectivity index (χ2n) is 5.38. The van der Waals surface area contributed by atoms with Crippen molar-refractivity contribution in [3.05, 3.63) is 60.7 Å². The summed E-state index contributed by atoms with van der Waals surface area (Å²) in [5.41, 5.74) is 0.917. The lowest BCUT2D eigenvalue weighted by molar-refractivity contribution is -0.115. The molecule has 3 aromatic rings. The van der Waals surface area contributed by atoms with Crippen LogP contribution in [0.3, 0.4) is 0 Å². The molecule has 0 bridgehead atoms. The molecule has 3 rings (SSSR count). The Labute approximate surface area is 154 Å². The van der Waals surface area contributed by atoms with E-state index in [0.29, 0.717) is 10.9 Å². The third-order valence-electron chi connectivity index (χ3n) is 3.64. The summed E-state index contributed by atoms with van der Waals surface area (Å²) in [5.74, 6) is -0.137. The number of carbonyl (C=O) groups excluding carboxylic acids is 1. The van der Waals surface area contributed by atoms with Crippen LogP contribution in [-0.2, 0) is 4.79 Å². The normalized spacial score (nSPS) is 11.8. The number of anilines is 1. The average molecular weight is 372 g/mol. The molecule has 0 saturated heterocycles. The van der Waals surface area contributed by atoms with E-state index in [9.17, 15) is 9.18 Å². The van der Waals surface area contributed by atoms with E-state index in [-0.39, 0.29) is 11.6 Å². The Morgan fingerprint density at radius 1 is 1.23 bits per heavy atom. The first-order valence-corrected chi connectivity index (χ1v) is 8.73. The minimum absolute atomic E-state index is 0.149. The largest absolute Gasteiger partial charge is 0.495 e. The predicted molar refractivity (Wildman–Crippen MR) is 98.3 cm³/mol. The number of rotatable bonds is 6. The van der Waals surface area contributed by atoms with Gasteiger partial charge in [0.05, 0.1) is 23.7 Å². The number of aromatic nitrogens is 3. The number of thioether (sulfide) groups is 1. The average Bonchev–Trinajstić information content (AvgIpc) is 3.11. The van der Waals surface area contributed by atoms with Crippen LogP contribution in [0.25, 0.3) is 5.69 Å². The van der Waals surface area contributed by atoms with Crippen LogP contribution in [0.15, 0.2) is 60.0 Å². The van der Waals surface area contributed by atoms with Gasteiger partial charge in [-0.05, 0) is 31.2 Å². The Morgan fingerprint density at radius 2 is 1.96 bits per heavy atom. The van der Waals surface area contributed by atoms with E-state index >= 15 is 0 Å². The highest BCUT2D eigenvalue weighted by molar-refractivity contribution is 8.00. The molecule has 6 nitrogen and oxygen atoms in total. The van der Waals surface area contributed by atoms with Gasteiger partial charge in [-0.1, -0.05) is 36.0 Å². The maximum absolute atomic E-state index is 13.7. The van der Waals surface area contributed by atoms with Gasteiger partial charge in [-0.2, -0.15) is 0 Å². The number of nitrogens with one attached hydrogen (secondary N) is 1. The Balaban J connectivity index is 1.76. The number of ether oxygens (including phenoxy) is 1. The van der Waals surface area contributed by atoms with Gasteiger partial charge in [0, 0.05) is 0 Å². The zero-order valence-corrected chi connectivity index (χ0v) is 15.0. The van der Waals surface area contributed by atoms with Crippen molar-refractivity contribution < 1.29 is 13.9 Å². The molecule has 0 saturated carbocycles. The van der Waals surface area contributed by atoms with Crippen molar-refractivity contribution in [1.29, 1.82) is 0 Å². The number of para-hydroxylation sites is 3. The number of hydrogen-bond donors (Lipinski definition) is 1. The first-order chi connectivity index (χ1) is 12.6. The summed E-state index contributed by atoms with van der Waals surface area (Å²) in [5, 5.41) is 10.6. The van der Waals surface area contributed by atoms with Crippen molar-refractivity contribution in [1.82, 2.24) is 14.8 Å². The van der Waals surface area contributed by atoms with E-state index in [1.807, 2.05) is 24.3 Å². The standard InChI is InChI=1S/C18H17FN4O2S/c1-12(17(24)21-14-8-4-3-7-13(14)19)26-18-22-20-11-23(18)15-9-5-6-10-16(15)25-2/h3-12H,1-2H3,(H,21,24). The van der Waals surface area contributed by atoms with Gasteiger partial charge in [-0.15, -0.1) is 10.2 Å². The van der Waals surface area contributed by atoms with Crippen molar-refractivity contribution in [3.8, 4) is 11.4 Å². The van der Waals surface area contributed by atoms with Crippen molar-refractivity contribution in [2.24, 2.45) is 0 Å². The number of methoxy groups -OCH3 is 1. The number of amides is 1. The first kappa shape index (κ1) is 17.9. The van der Waals surface area contributed by atoms with Crippen LogP contribution >= 0.6 is 11.8 Å². The van der Waals surface area contributed by atoms with Crippen LogP contribution in [0, 0.1) is 5.82 Å². The van der Waals surface area contributed by atoms with E-state index in [1.165, 1.54) is 23.9 Å². The molecule has 0 aliphatic carbocycles. The molecule has 1 unspecified atom stereocenters. The van der Waals surface area contributed by atoms with Gasteiger partial charge < -0.3 is 10.1 Å². The highest BCUT2D eigenvalue weighted by atomic mass is 32.2. The van der Waals surface area contributed by atoms with Gasteiger partial charge in [-0.25, -0.2) is 4.39 Å². The minimum atomic E-state index is -0.507.